The molecular weight excluding hydrogens is 1020 g/mol. The molecule has 78 heavy (non-hydrogen) atoms. The van der Waals surface area contributed by atoms with Crippen molar-refractivity contribution >= 4 is 0 Å². The van der Waals surface area contributed by atoms with Gasteiger partial charge in [-0.25, -0.2) is 0 Å². The molecule has 0 radical (unpaired) electrons. The lowest BCUT2D eigenvalue weighted by Gasteiger charge is -1.68. The molecule has 16 N–H and O–H groups in total. The summed E-state index contributed by atoms with van der Waals surface area (Å²) in [5.41, 5.74) is 24.0. The van der Waals surface area contributed by atoms with Crippen LogP contribution in [-0.2, 0) is 0 Å². The Morgan fingerprint density at radius 2 is 0.423 bits per heavy atom. The van der Waals surface area contributed by atoms with Gasteiger partial charge in [0.15, 0.2) is 0 Å². The first-order valence-corrected chi connectivity index (χ1v) is 16.6. The molecule has 406 valence electrons. The third kappa shape index (κ3) is 245. The molecule has 0 aliphatic heterocycles. The van der Waals surface area contributed by atoms with Crippen LogP contribution in [0, 0.1) is 213 Å². The van der Waals surface area contributed by atoms with Crippen LogP contribution in [0.3, 0.4) is 0 Å². The van der Waals surface area contributed by atoms with E-state index in [1.54, 1.807) is 34.6 Å². The maximum atomic E-state index is 6.08. The van der Waals surface area contributed by atoms with E-state index < -0.39 is 0 Å². The second-order valence-corrected chi connectivity index (χ2v) is 6.75. The van der Waals surface area contributed by atoms with Crippen molar-refractivity contribution in [3.05, 3.63) is 0 Å². The Hall–Kier alpha value is -15.2. The summed E-state index contributed by atoms with van der Waals surface area (Å²) in [6.07, 6.45) is 23.7. The van der Waals surface area contributed by atoms with Crippen LogP contribution < -0.4 is 35.1 Å². The molecule has 42 nitrogen and oxygen atoms in total. The van der Waals surface area contributed by atoms with Gasteiger partial charge in [-0.1, -0.05) is 62.4 Å². The second kappa shape index (κ2) is 144. The fourth-order valence-corrected chi connectivity index (χ4v) is 1.04. The summed E-state index contributed by atoms with van der Waals surface area (Å²) in [4.78, 5) is 0. The van der Waals surface area contributed by atoms with E-state index in [1.807, 2.05) is 0 Å². The summed E-state index contributed by atoms with van der Waals surface area (Å²) in [7, 11) is 0. The zero-order valence-corrected chi connectivity index (χ0v) is 40.2. The number of hydrogen-bond donors (Lipinski definition) is 10. The minimum atomic E-state index is 0. The Kier molecular flexibility index (Phi) is 172. The van der Waals surface area contributed by atoms with Crippen LogP contribution in [0.15, 0.2) is 157 Å². The summed E-state index contributed by atoms with van der Waals surface area (Å²) in [5, 5.41) is 95.1. The zero-order chi connectivity index (χ0) is 60.9. The standard InChI is InChI=1S/C11H4.C9H4.C7H4.C5H4.C3H4.CH4.H4N12.H2N10.H4N8.H2N6.H4N4.N2.6H2/c1-3-5-7-9-11-10-8-6-4-2;1-3-5-7-9-8-6-4-2;1-3-5-7-6-4-2;1-3-5-4-2;1-3-2;;1-3-5-7-9-11-12-10-8-6-4-2;1-3-5-7-9-10-8-6-4-2;1-3-5-7-8-6-4-2;1-3-5-6-4-2;1-3-4-2;1-2;;;;;;/h1H,2H3;1H,2H3;1H,2H3;1H,2H3;1H,2H3;1H4;(H2,1,4,5,8,9,12)(H2,2,3,6,7,10,11);1-2H;(H2,1,4,5,8)(H2,2,3,6,7);1-2H;(H2,1,4)(H2,2,3);;6*1H/b;;;;;;;3-1?,4-2?,7-5+,8-6+,10-9+;;3-1?,4-2?,6-5+;;;;;;;;. The number of nitrogens with zero attached hydrogens (tertiary/aromatic N) is 32. The van der Waals surface area contributed by atoms with E-state index in [4.69, 9.17) is 58.6 Å². The van der Waals surface area contributed by atoms with Gasteiger partial charge < -0.3 is 35.1 Å². The van der Waals surface area contributed by atoms with Gasteiger partial charge in [0.2, 0.25) is 0 Å². The third-order valence-corrected chi connectivity index (χ3v) is 2.63. The molecule has 0 amide bonds. The minimum absolute atomic E-state index is 0. The Morgan fingerprint density at radius 1 is 0.269 bits per heavy atom. The molecule has 0 saturated heterocycles. The Bertz CT molecular complexity index is 2840. The van der Waals surface area contributed by atoms with Crippen molar-refractivity contribution in [3.63, 3.8) is 0 Å². The lowest BCUT2D eigenvalue weighted by atomic mass is 10.5. The van der Waals surface area contributed by atoms with Crippen molar-refractivity contribution in [2.45, 2.75) is 42.0 Å². The highest BCUT2D eigenvalue weighted by atomic mass is 15.7. The molecule has 0 spiro atoms. The molecule has 0 aliphatic carbocycles. The average molecular weight is 1070 g/mol. The monoisotopic (exact) mass is 1070 g/mol. The van der Waals surface area contributed by atoms with Gasteiger partial charge in [0.1, 0.15) is 0 Å². The van der Waals surface area contributed by atoms with E-state index in [2.05, 4.69) is 346 Å². The van der Waals surface area contributed by atoms with E-state index in [1.165, 1.54) is 0 Å². The van der Waals surface area contributed by atoms with E-state index in [-0.39, 0.29) is 16.0 Å². The lowest BCUT2D eigenvalue weighted by Crippen LogP contribution is -1.80. The smallest absolute Gasteiger partial charge is 0 e. The number of hydrogen-bond acceptors (Lipinski definition) is 12. The number of rotatable bonds is 12. The SMILES string of the molecule is C.C#CC.C#CC#CC.C#CC#CC#CC.C#CC#CC#CC#CC.C#CC#CC#CC#CC#CC.N#N.N/N=N/N.N/N=N/N=N/N=N/N.N/N=N/N=N/N=N/N=N/N=N/N.N=N/N=N/N=N.N=N/N=N/N=N/N=N/N=N.[HH].[HH].[HH].[HH].[HH].[HH]. The first kappa shape index (κ1) is 93.0. The fraction of sp³-hybridized carbons (Fsp3) is 0.167. The predicted octanol–water partition coefficient (Wildman–Crippen LogP) is 8.53. The molecule has 0 rings (SSSR count). The van der Waals surface area contributed by atoms with Crippen molar-refractivity contribution < 1.29 is 8.56 Å². The Morgan fingerprint density at radius 3 is 0.577 bits per heavy atom. The molecule has 0 saturated carbocycles. The van der Waals surface area contributed by atoms with Crippen molar-refractivity contribution in [2.75, 3.05) is 0 Å². The van der Waals surface area contributed by atoms with Crippen LogP contribution in [0.25, 0.3) is 0 Å². The maximum absolute atomic E-state index is 6.08. The Balaban J connectivity index is -0.0000000362. The highest BCUT2D eigenvalue weighted by molar-refractivity contribution is 5.42. The normalized spacial score (nSPS) is 7.56. The van der Waals surface area contributed by atoms with Gasteiger partial charge >= 0.3 is 0 Å². The quantitative estimate of drug-likeness (QED) is 0.0296. The summed E-state index contributed by atoms with van der Waals surface area (Å²) in [5.74, 6) is 87.1. The van der Waals surface area contributed by atoms with E-state index in [0.29, 0.717) is 0 Å². The zero-order valence-electron chi connectivity index (χ0n) is 40.2. The van der Waals surface area contributed by atoms with Gasteiger partial charge in [0.05, 0.1) is 0 Å². The second-order valence-electron chi connectivity index (χ2n) is 6.75. The van der Waals surface area contributed by atoms with Crippen LogP contribution in [0.5, 0.6) is 0 Å². The van der Waals surface area contributed by atoms with Gasteiger partial charge in [0, 0.05) is 19.3 Å². The average Bonchev–Trinajstić information content (AvgIpc) is 3.45. The third-order valence-electron chi connectivity index (χ3n) is 2.63. The van der Waals surface area contributed by atoms with Crippen molar-refractivity contribution in [1.82, 2.24) is 0 Å². The van der Waals surface area contributed by atoms with Crippen LogP contribution in [0.4, 0.5) is 0 Å². The van der Waals surface area contributed by atoms with Crippen LogP contribution in [0.1, 0.15) is 50.6 Å². The van der Waals surface area contributed by atoms with E-state index in [9.17, 15) is 0 Å². The number of terminal acetylenes is 5. The van der Waals surface area contributed by atoms with Crippen LogP contribution in [-0.4, -0.2) is 0 Å². The molecule has 0 fully saturated rings. The molecule has 0 aromatic rings. The lowest BCUT2D eigenvalue weighted by molar-refractivity contribution is 0.764. The summed E-state index contributed by atoms with van der Waals surface area (Å²) in [6, 6.07) is 0. The fourth-order valence-electron chi connectivity index (χ4n) is 1.04. The van der Waals surface area contributed by atoms with Crippen molar-refractivity contribution in [2.24, 2.45) is 192 Å². The van der Waals surface area contributed by atoms with Gasteiger partial charge in [-0.15, -0.1) is 38.0 Å². The molecule has 0 heterocycles. The van der Waals surface area contributed by atoms with Crippen LogP contribution in [0.2, 0.25) is 0 Å². The van der Waals surface area contributed by atoms with E-state index in [0.717, 1.165) is 0 Å². The number of nitrogens with two attached hydrogens (primary N) is 6. The topological polar surface area (TPSA) is 670 Å². The highest BCUT2D eigenvalue weighted by Crippen LogP contribution is 1.85. The van der Waals surface area contributed by atoms with E-state index >= 15 is 0 Å². The highest BCUT2D eigenvalue weighted by Gasteiger charge is 1.67. The minimum Gasteiger partial charge on any atom is -0.303 e. The predicted molar refractivity (Wildman–Crippen MR) is 282 cm³/mol. The maximum Gasteiger partial charge on any atom is 0 e. The summed E-state index contributed by atoms with van der Waals surface area (Å²) < 4.78 is 0. The summed E-state index contributed by atoms with van der Waals surface area (Å²) in [6.45, 7) is 8.49. The van der Waals surface area contributed by atoms with Gasteiger partial charge in [-0.3, -0.25) is 0 Å². The Labute approximate surface area is 454 Å². The van der Waals surface area contributed by atoms with Crippen molar-refractivity contribution in [3.8, 4) is 180 Å². The molecular formula is C36H52N42. The first-order valence-electron chi connectivity index (χ1n) is 16.6. The van der Waals surface area contributed by atoms with Gasteiger partial charge in [-0.05, 0) is 278 Å². The molecule has 0 bridgehead atoms. The molecule has 0 aromatic heterocycles. The molecule has 0 aromatic carbocycles. The number of nitrogens with one attached hydrogen (secondary N) is 4. The summed E-state index contributed by atoms with van der Waals surface area (Å²) >= 11 is 0. The molecule has 0 aliphatic rings. The van der Waals surface area contributed by atoms with Crippen molar-refractivity contribution in [1.29, 1.82) is 32.9 Å². The van der Waals surface area contributed by atoms with Crippen LogP contribution >= 0.6 is 0 Å². The largest absolute Gasteiger partial charge is 0.303 e. The molecule has 0 atom stereocenters. The van der Waals surface area contributed by atoms with Gasteiger partial charge in [0.25, 0.3) is 0 Å². The van der Waals surface area contributed by atoms with Gasteiger partial charge in [-0.2, -0.15) is 22.1 Å². The first-order chi connectivity index (χ1) is 37.6. The molecule has 0 unspecified atom stereocenters. The molecule has 42 heteroatoms.